The number of nitrogens with zero attached hydrogens (tertiary/aromatic N) is 2. The van der Waals surface area contributed by atoms with Crippen molar-refractivity contribution in [2.75, 3.05) is 0 Å². The number of hydrogen-bond donors (Lipinski definition) is 0. The van der Waals surface area contributed by atoms with Gasteiger partial charge < -0.3 is 0 Å². The first-order valence-corrected chi connectivity index (χ1v) is 18.2. The Balaban J connectivity index is 1.34. The zero-order chi connectivity index (χ0) is 32.2. The average Bonchev–Trinajstić information content (AvgIpc) is 3.71. The van der Waals surface area contributed by atoms with Crippen LogP contribution >= 0.6 is 22.7 Å². The zero-order valence-electron chi connectivity index (χ0n) is 26.5. The number of benzene rings is 7. The van der Waals surface area contributed by atoms with Crippen molar-refractivity contribution in [3.8, 4) is 22.3 Å². The first kappa shape index (κ1) is 27.3. The molecule has 0 aliphatic carbocycles. The predicted octanol–water partition coefficient (Wildman–Crippen LogP) is 13.5. The summed E-state index contributed by atoms with van der Waals surface area (Å²) in [5.74, 6) is 0. The molecular formula is C45H26N2S2. The van der Waals surface area contributed by atoms with Crippen LogP contribution in [0.2, 0.25) is 0 Å². The van der Waals surface area contributed by atoms with E-state index in [1.165, 1.54) is 111 Å². The molecule has 0 fully saturated rings. The molecule has 11 aromatic rings. The predicted molar refractivity (Wildman–Crippen MR) is 213 cm³/mol. The minimum atomic E-state index is 1.18. The number of thiophene rings is 2. The number of aryl methyl sites for hydroxylation is 1. The summed E-state index contributed by atoms with van der Waals surface area (Å²) < 4.78 is 5.30. The van der Waals surface area contributed by atoms with Gasteiger partial charge in [-0.15, -0.1) is 22.7 Å². The lowest BCUT2D eigenvalue weighted by Gasteiger charge is -2.18. The van der Waals surface area contributed by atoms with E-state index in [0.717, 1.165) is 0 Å². The third-order valence-electron chi connectivity index (χ3n) is 10.4. The van der Waals surface area contributed by atoms with Gasteiger partial charge in [-0.25, -0.2) is 0 Å². The van der Waals surface area contributed by atoms with Crippen LogP contribution in [0, 0.1) is 6.92 Å². The molecule has 0 N–H and O–H groups in total. The van der Waals surface area contributed by atoms with Gasteiger partial charge in [-0.05, 0) is 157 Å². The van der Waals surface area contributed by atoms with Gasteiger partial charge in [-0.2, -0.15) is 0 Å². The number of rotatable bonds is 2. The van der Waals surface area contributed by atoms with Crippen LogP contribution in [-0.4, -0.2) is 9.97 Å². The third-order valence-corrected chi connectivity index (χ3v) is 12.7. The molecule has 49 heavy (non-hydrogen) atoms. The van der Waals surface area contributed by atoms with Crippen LogP contribution in [0.4, 0.5) is 0 Å². The van der Waals surface area contributed by atoms with Crippen LogP contribution in [-0.2, 0) is 0 Å². The number of hydrogen-bond acceptors (Lipinski definition) is 4. The Morgan fingerprint density at radius 1 is 0.347 bits per heavy atom. The molecule has 0 radical (unpaired) electrons. The third kappa shape index (κ3) is 3.93. The van der Waals surface area contributed by atoms with E-state index in [4.69, 9.17) is 0 Å². The molecule has 7 aromatic carbocycles. The van der Waals surface area contributed by atoms with Crippen LogP contribution in [0.25, 0.3) is 106 Å². The molecule has 0 amide bonds. The van der Waals surface area contributed by atoms with Gasteiger partial charge in [-0.3, -0.25) is 9.97 Å². The van der Waals surface area contributed by atoms with Gasteiger partial charge in [-0.1, -0.05) is 36.4 Å². The molecule has 0 unspecified atom stereocenters. The van der Waals surface area contributed by atoms with E-state index in [0.29, 0.717) is 0 Å². The summed E-state index contributed by atoms with van der Waals surface area (Å²) in [7, 11) is 0. The van der Waals surface area contributed by atoms with Crippen molar-refractivity contribution < 1.29 is 0 Å². The highest BCUT2D eigenvalue weighted by Crippen LogP contribution is 2.47. The van der Waals surface area contributed by atoms with Crippen molar-refractivity contribution >= 4 is 106 Å². The highest BCUT2D eigenvalue weighted by molar-refractivity contribution is 7.26. The number of pyridine rings is 2. The molecule has 0 saturated carbocycles. The van der Waals surface area contributed by atoms with Crippen molar-refractivity contribution in [3.05, 3.63) is 146 Å². The summed E-state index contributed by atoms with van der Waals surface area (Å²) in [6.45, 7) is 2.31. The first-order valence-electron chi connectivity index (χ1n) is 16.5. The molecule has 0 aliphatic rings. The van der Waals surface area contributed by atoms with E-state index in [1.807, 2.05) is 47.5 Å². The van der Waals surface area contributed by atoms with E-state index in [-0.39, 0.29) is 0 Å². The summed E-state index contributed by atoms with van der Waals surface area (Å²) in [6, 6.07) is 43.2. The molecule has 0 spiro atoms. The molecule has 228 valence electrons. The minimum absolute atomic E-state index is 1.18. The number of fused-ring (bicyclic) bond motifs is 12. The molecular weight excluding hydrogens is 633 g/mol. The summed E-state index contributed by atoms with van der Waals surface area (Å²) in [4.78, 5) is 8.71. The van der Waals surface area contributed by atoms with Gasteiger partial charge in [0.1, 0.15) is 0 Å². The van der Waals surface area contributed by atoms with Crippen molar-refractivity contribution in [3.63, 3.8) is 0 Å². The molecule has 0 aliphatic heterocycles. The summed E-state index contributed by atoms with van der Waals surface area (Å²) in [5.41, 5.74) is 6.15. The van der Waals surface area contributed by atoms with Gasteiger partial charge in [0.05, 0.1) is 0 Å². The largest absolute Gasteiger partial charge is 0.265 e. The normalized spacial score (nSPS) is 12.2. The molecule has 4 heteroatoms. The first-order chi connectivity index (χ1) is 24.2. The van der Waals surface area contributed by atoms with Crippen molar-refractivity contribution in [1.29, 1.82) is 0 Å². The summed E-state index contributed by atoms with van der Waals surface area (Å²) >= 11 is 3.77. The van der Waals surface area contributed by atoms with Crippen LogP contribution < -0.4 is 0 Å². The lowest BCUT2D eigenvalue weighted by Crippen LogP contribution is -1.92. The van der Waals surface area contributed by atoms with Gasteiger partial charge in [0.15, 0.2) is 0 Å². The topological polar surface area (TPSA) is 25.8 Å². The van der Waals surface area contributed by atoms with Gasteiger partial charge >= 0.3 is 0 Å². The minimum Gasteiger partial charge on any atom is -0.265 e. The van der Waals surface area contributed by atoms with Crippen LogP contribution in [0.3, 0.4) is 0 Å². The molecule has 4 aromatic heterocycles. The lowest BCUT2D eigenvalue weighted by molar-refractivity contribution is 1.33. The Labute approximate surface area is 289 Å². The SMILES string of the molecule is Cc1c2cc(-c3ccncc3)c3cc4c(cc3c2cc2c1cc(-c1ccncc1)c1cc3c(cc12)sc1ccccc13)sc1ccccc14. The second-order valence-corrected chi connectivity index (χ2v) is 15.2. The molecule has 0 atom stereocenters. The van der Waals surface area contributed by atoms with Crippen molar-refractivity contribution in [2.24, 2.45) is 0 Å². The Morgan fingerprint density at radius 2 is 0.755 bits per heavy atom. The van der Waals surface area contributed by atoms with Crippen LogP contribution in [0.5, 0.6) is 0 Å². The highest BCUT2D eigenvalue weighted by Gasteiger charge is 2.19. The Kier molecular flexibility index (Phi) is 5.66. The monoisotopic (exact) mass is 658 g/mol. The van der Waals surface area contributed by atoms with E-state index in [1.54, 1.807) is 0 Å². The lowest BCUT2D eigenvalue weighted by atomic mass is 9.86. The van der Waals surface area contributed by atoms with Crippen molar-refractivity contribution in [1.82, 2.24) is 9.97 Å². The number of aromatic nitrogens is 2. The second-order valence-electron chi connectivity index (χ2n) is 13.0. The van der Waals surface area contributed by atoms with Gasteiger partial charge in [0, 0.05) is 65.1 Å². The van der Waals surface area contributed by atoms with Crippen LogP contribution in [0.15, 0.2) is 140 Å². The quantitative estimate of drug-likeness (QED) is 0.136. The highest BCUT2D eigenvalue weighted by atomic mass is 32.1. The van der Waals surface area contributed by atoms with E-state index in [9.17, 15) is 0 Å². The van der Waals surface area contributed by atoms with Gasteiger partial charge in [0.25, 0.3) is 0 Å². The van der Waals surface area contributed by atoms with E-state index >= 15 is 0 Å². The average molecular weight is 659 g/mol. The fourth-order valence-electron chi connectivity index (χ4n) is 8.09. The fourth-order valence-corrected chi connectivity index (χ4v) is 10.3. The maximum Gasteiger partial charge on any atom is 0.0362 e. The smallest absolute Gasteiger partial charge is 0.0362 e. The molecule has 0 bridgehead atoms. The second kappa shape index (κ2) is 10.2. The van der Waals surface area contributed by atoms with E-state index in [2.05, 4.69) is 132 Å². The van der Waals surface area contributed by atoms with Crippen molar-refractivity contribution in [2.45, 2.75) is 6.92 Å². The Morgan fingerprint density at radius 3 is 1.22 bits per heavy atom. The van der Waals surface area contributed by atoms with Gasteiger partial charge in [0.2, 0.25) is 0 Å². The molecule has 4 heterocycles. The fraction of sp³-hybridized carbons (Fsp3) is 0.0222. The maximum absolute atomic E-state index is 4.36. The Hall–Kier alpha value is -5.68. The molecule has 0 saturated heterocycles. The standard InChI is InChI=1S/C45H26N2S2/c1-25-30-18-32(26-10-14-46-15-11-26)36-21-40-28-6-2-4-8-42(28)48-44(40)23-38(36)34(30)20-35-31(25)19-33(27-12-16-47-17-13-27)37-22-41-29-7-3-5-9-43(29)49-45(41)24-39(35)37/h2-24H,1H3. The Bertz CT molecular complexity index is 2940. The summed E-state index contributed by atoms with van der Waals surface area (Å²) in [6.07, 6.45) is 7.61. The zero-order valence-corrected chi connectivity index (χ0v) is 28.1. The summed E-state index contributed by atoms with van der Waals surface area (Å²) in [5, 5.41) is 15.6. The molecule has 2 nitrogen and oxygen atoms in total. The molecule has 11 rings (SSSR count). The van der Waals surface area contributed by atoms with E-state index < -0.39 is 0 Å². The maximum atomic E-state index is 4.36. The van der Waals surface area contributed by atoms with Crippen LogP contribution in [0.1, 0.15) is 5.56 Å².